The Balaban J connectivity index is 1.56. The highest BCUT2D eigenvalue weighted by molar-refractivity contribution is 7.20. The average molecular weight is 338 g/mol. The molecule has 1 aromatic carbocycles. The molecule has 24 heavy (non-hydrogen) atoms. The highest BCUT2D eigenvalue weighted by Gasteiger charge is 2.17. The van der Waals surface area contributed by atoms with Crippen molar-refractivity contribution in [3.63, 3.8) is 0 Å². The first-order valence-corrected chi connectivity index (χ1v) is 8.94. The molecular weight excluding hydrogens is 320 g/mol. The normalized spacial score (nSPS) is 14.9. The maximum atomic E-state index is 11.8. The largest absolute Gasteiger partial charge is 0.343 e. The van der Waals surface area contributed by atoms with Crippen LogP contribution in [0.4, 0.5) is 5.13 Å². The molecule has 122 valence electrons. The van der Waals surface area contributed by atoms with E-state index in [9.17, 15) is 4.79 Å². The van der Waals surface area contributed by atoms with Crippen LogP contribution in [-0.2, 0) is 6.42 Å². The highest BCUT2D eigenvalue weighted by Crippen LogP contribution is 2.28. The summed E-state index contributed by atoms with van der Waals surface area (Å²) >= 11 is 1.46. The Morgan fingerprint density at radius 1 is 1.21 bits per heavy atom. The van der Waals surface area contributed by atoms with Crippen molar-refractivity contribution in [1.82, 2.24) is 14.6 Å². The molecule has 0 radical (unpaired) electrons. The fourth-order valence-corrected chi connectivity index (χ4v) is 3.83. The van der Waals surface area contributed by atoms with Crippen LogP contribution in [0.25, 0.3) is 10.5 Å². The Morgan fingerprint density at radius 3 is 2.71 bits per heavy atom. The molecule has 0 bridgehead atoms. The third-order valence-corrected chi connectivity index (χ3v) is 5.36. The van der Waals surface area contributed by atoms with Gasteiger partial charge < -0.3 is 4.90 Å². The summed E-state index contributed by atoms with van der Waals surface area (Å²) in [5.41, 5.74) is 3.91. The number of hydrogen-bond acceptors (Lipinski definition) is 5. The molecule has 0 unspecified atom stereocenters. The van der Waals surface area contributed by atoms with E-state index < -0.39 is 0 Å². The zero-order valence-corrected chi connectivity index (χ0v) is 14.3. The van der Waals surface area contributed by atoms with Crippen molar-refractivity contribution < 1.29 is 0 Å². The smallest absolute Gasteiger partial charge is 0.275 e. The van der Waals surface area contributed by atoms with Gasteiger partial charge in [0.2, 0.25) is 10.1 Å². The van der Waals surface area contributed by atoms with Crippen LogP contribution in [0.5, 0.6) is 0 Å². The van der Waals surface area contributed by atoms with Crippen LogP contribution in [0.15, 0.2) is 47.4 Å². The molecule has 0 fully saturated rings. The van der Waals surface area contributed by atoms with E-state index >= 15 is 0 Å². The Kier molecular flexibility index (Phi) is 3.90. The summed E-state index contributed by atoms with van der Waals surface area (Å²) in [7, 11) is 0. The summed E-state index contributed by atoms with van der Waals surface area (Å²) in [4.78, 5) is 18.9. The molecule has 0 saturated heterocycles. The Labute approximate surface area is 143 Å². The lowest BCUT2D eigenvalue weighted by molar-refractivity contribution is 0.798. The third-order valence-electron chi connectivity index (χ3n) is 4.37. The lowest BCUT2D eigenvalue weighted by atomic mass is 9.98. The molecule has 5 nitrogen and oxygen atoms in total. The molecule has 0 aliphatic carbocycles. The van der Waals surface area contributed by atoms with Crippen molar-refractivity contribution in [2.24, 2.45) is 0 Å². The Hall–Kier alpha value is -2.47. The third kappa shape index (κ3) is 2.73. The number of fused-ring (bicyclic) bond motifs is 1. The van der Waals surface area contributed by atoms with Gasteiger partial charge in [-0.1, -0.05) is 48.6 Å². The fraction of sp³-hybridized carbons (Fsp3) is 0.278. The minimum Gasteiger partial charge on any atom is -0.343 e. The van der Waals surface area contributed by atoms with Crippen molar-refractivity contribution in [3.05, 3.63) is 64.1 Å². The van der Waals surface area contributed by atoms with Crippen molar-refractivity contribution in [2.75, 3.05) is 18.0 Å². The highest BCUT2D eigenvalue weighted by atomic mass is 32.1. The van der Waals surface area contributed by atoms with E-state index in [-0.39, 0.29) is 5.56 Å². The Morgan fingerprint density at radius 2 is 2.04 bits per heavy atom. The summed E-state index contributed by atoms with van der Waals surface area (Å²) in [6.45, 7) is 3.88. The minimum atomic E-state index is -0.133. The monoisotopic (exact) mass is 338 g/mol. The summed E-state index contributed by atoms with van der Waals surface area (Å²) < 4.78 is 1.38. The molecule has 0 saturated carbocycles. The van der Waals surface area contributed by atoms with E-state index in [1.54, 1.807) is 0 Å². The number of rotatable bonds is 3. The van der Waals surface area contributed by atoms with Gasteiger partial charge in [-0.3, -0.25) is 4.79 Å². The van der Waals surface area contributed by atoms with Gasteiger partial charge in [0.25, 0.3) is 5.56 Å². The SMILES string of the molecule is CCc1ccc(C2=CCN(c3nn4c(=O)ccnc4s3)CC2)cc1. The van der Waals surface area contributed by atoms with Gasteiger partial charge in [0.05, 0.1) is 0 Å². The van der Waals surface area contributed by atoms with Crippen molar-refractivity contribution in [1.29, 1.82) is 0 Å². The summed E-state index contributed by atoms with van der Waals surface area (Å²) in [5, 5.41) is 5.26. The van der Waals surface area contributed by atoms with E-state index in [1.807, 2.05) is 0 Å². The van der Waals surface area contributed by atoms with Crippen LogP contribution in [0.3, 0.4) is 0 Å². The van der Waals surface area contributed by atoms with Crippen LogP contribution >= 0.6 is 11.3 Å². The molecular formula is C18H18N4OS. The maximum absolute atomic E-state index is 11.8. The Bertz CT molecular complexity index is 955. The first kappa shape index (κ1) is 15.1. The predicted octanol–water partition coefficient (Wildman–Crippen LogP) is 3.01. The first-order chi connectivity index (χ1) is 11.7. The number of benzene rings is 1. The van der Waals surface area contributed by atoms with Crippen LogP contribution in [0.1, 0.15) is 24.5 Å². The standard InChI is InChI=1S/C18H18N4OS/c1-2-13-3-5-14(6-4-13)15-8-11-21(12-9-15)18-20-22-16(23)7-10-19-17(22)24-18/h3-8,10H,2,9,11-12H2,1H3. The predicted molar refractivity (Wildman–Crippen MR) is 97.8 cm³/mol. The average Bonchev–Trinajstić information content (AvgIpc) is 3.08. The molecule has 4 rings (SSSR count). The number of hydrogen-bond donors (Lipinski definition) is 0. The quantitative estimate of drug-likeness (QED) is 0.737. The van der Waals surface area contributed by atoms with Crippen LogP contribution in [0.2, 0.25) is 0 Å². The van der Waals surface area contributed by atoms with Crippen molar-refractivity contribution in [2.45, 2.75) is 19.8 Å². The summed E-state index contributed by atoms with van der Waals surface area (Å²) in [5.74, 6) is 0. The number of anilines is 1. The second kappa shape index (κ2) is 6.20. The molecule has 0 atom stereocenters. The number of aryl methyl sites for hydroxylation is 1. The van der Waals surface area contributed by atoms with Gasteiger partial charge in [-0.05, 0) is 29.5 Å². The van der Waals surface area contributed by atoms with Gasteiger partial charge in [-0.15, -0.1) is 5.10 Å². The van der Waals surface area contributed by atoms with Crippen LogP contribution in [-0.4, -0.2) is 27.7 Å². The number of nitrogens with zero attached hydrogens (tertiary/aromatic N) is 4. The topological polar surface area (TPSA) is 50.5 Å². The van der Waals surface area contributed by atoms with Gasteiger partial charge in [0.1, 0.15) is 0 Å². The molecule has 6 heteroatoms. The first-order valence-electron chi connectivity index (χ1n) is 8.13. The molecule has 1 aliphatic rings. The number of aromatic nitrogens is 3. The fourth-order valence-electron chi connectivity index (χ4n) is 2.92. The lowest BCUT2D eigenvalue weighted by Gasteiger charge is -2.25. The van der Waals surface area contributed by atoms with Crippen LogP contribution < -0.4 is 10.5 Å². The van der Waals surface area contributed by atoms with Crippen molar-refractivity contribution >= 4 is 27.0 Å². The van der Waals surface area contributed by atoms with Gasteiger partial charge in [0, 0.05) is 25.4 Å². The van der Waals surface area contributed by atoms with Gasteiger partial charge in [-0.2, -0.15) is 4.52 Å². The van der Waals surface area contributed by atoms with E-state index in [1.165, 1.54) is 44.8 Å². The second-order valence-electron chi connectivity index (χ2n) is 5.84. The molecule has 1 aliphatic heterocycles. The van der Waals surface area contributed by atoms with E-state index in [4.69, 9.17) is 0 Å². The second-order valence-corrected chi connectivity index (χ2v) is 6.77. The molecule has 0 amide bonds. The van der Waals surface area contributed by atoms with Crippen molar-refractivity contribution in [3.8, 4) is 0 Å². The van der Waals surface area contributed by atoms with Gasteiger partial charge in [-0.25, -0.2) is 4.98 Å². The van der Waals surface area contributed by atoms with E-state index in [0.29, 0.717) is 4.96 Å². The zero-order valence-electron chi connectivity index (χ0n) is 13.5. The van der Waals surface area contributed by atoms with Crippen LogP contribution in [0, 0.1) is 0 Å². The van der Waals surface area contributed by atoms with Gasteiger partial charge >= 0.3 is 0 Å². The zero-order chi connectivity index (χ0) is 16.5. The molecule has 3 aromatic rings. The van der Waals surface area contributed by atoms with Gasteiger partial charge in [0.15, 0.2) is 0 Å². The maximum Gasteiger partial charge on any atom is 0.275 e. The van der Waals surface area contributed by atoms with E-state index in [2.05, 4.69) is 52.2 Å². The molecule has 0 spiro atoms. The minimum absolute atomic E-state index is 0.133. The molecule has 2 aromatic heterocycles. The molecule has 0 N–H and O–H groups in total. The lowest BCUT2D eigenvalue weighted by Crippen LogP contribution is -2.28. The summed E-state index contributed by atoms with van der Waals surface area (Å²) in [6, 6.07) is 10.3. The van der Waals surface area contributed by atoms with E-state index in [0.717, 1.165) is 31.1 Å². The summed E-state index contributed by atoms with van der Waals surface area (Å²) in [6.07, 6.45) is 5.84. The molecule has 3 heterocycles.